The van der Waals surface area contributed by atoms with Crippen molar-refractivity contribution in [3.05, 3.63) is 58.6 Å². The highest BCUT2D eigenvalue weighted by Gasteiger charge is 2.10. The van der Waals surface area contributed by atoms with Crippen molar-refractivity contribution in [2.45, 2.75) is 26.0 Å². The van der Waals surface area contributed by atoms with Gasteiger partial charge in [-0.25, -0.2) is 0 Å². The highest BCUT2D eigenvalue weighted by atomic mass is 79.9. The van der Waals surface area contributed by atoms with E-state index in [4.69, 9.17) is 4.74 Å². The third-order valence-corrected chi connectivity index (χ3v) is 3.34. The van der Waals surface area contributed by atoms with Crippen LogP contribution in [-0.2, 0) is 0 Å². The Morgan fingerprint density at radius 3 is 2.43 bits per heavy atom. The maximum Gasteiger partial charge on any atom is 0.140 e. The molecule has 0 aliphatic carbocycles. The molecule has 1 unspecified atom stereocenters. The summed E-state index contributed by atoms with van der Waals surface area (Å²) in [4.78, 5) is 0. The monoisotopic (exact) mass is 344 g/mol. The Hall–Kier alpha value is -1.99. The molecule has 2 rings (SSSR count). The Balaban J connectivity index is 2.12. The van der Waals surface area contributed by atoms with Crippen LogP contribution < -0.4 is 10.1 Å². The summed E-state index contributed by atoms with van der Waals surface area (Å²) >= 11 is 3.42. The number of hydrogen-bond acceptors (Lipinski definition) is 3. The van der Waals surface area contributed by atoms with E-state index in [9.17, 15) is 5.26 Å². The Morgan fingerprint density at radius 1 is 1.14 bits per heavy atom. The van der Waals surface area contributed by atoms with Gasteiger partial charge in [-0.15, -0.1) is 0 Å². The van der Waals surface area contributed by atoms with E-state index in [0.717, 1.165) is 21.5 Å². The third-order valence-electron chi connectivity index (χ3n) is 2.85. The molecule has 0 heterocycles. The molecule has 0 amide bonds. The van der Waals surface area contributed by atoms with Crippen molar-refractivity contribution in [3.63, 3.8) is 0 Å². The van der Waals surface area contributed by atoms with Crippen molar-refractivity contribution in [3.8, 4) is 11.8 Å². The van der Waals surface area contributed by atoms with E-state index in [1.165, 1.54) is 0 Å². The molecule has 4 heteroatoms. The summed E-state index contributed by atoms with van der Waals surface area (Å²) in [7, 11) is 0. The van der Waals surface area contributed by atoms with Crippen molar-refractivity contribution in [1.82, 2.24) is 0 Å². The standard InChI is InChI=1S/C17H17BrN2O/c1-12(2)21-16-8-6-13(7-9-16)17(11-19)20-15-5-3-4-14(18)10-15/h3-10,12,17,20H,1-2H3. The number of anilines is 1. The van der Waals surface area contributed by atoms with Crippen LogP contribution in [0.15, 0.2) is 53.0 Å². The summed E-state index contributed by atoms with van der Waals surface area (Å²) in [6, 6.07) is 17.3. The number of halogens is 1. The number of rotatable bonds is 5. The van der Waals surface area contributed by atoms with Gasteiger partial charge < -0.3 is 10.1 Å². The quantitative estimate of drug-likeness (QED) is 0.837. The van der Waals surface area contributed by atoms with E-state index in [2.05, 4.69) is 27.3 Å². The molecule has 3 nitrogen and oxygen atoms in total. The number of hydrogen-bond donors (Lipinski definition) is 1. The van der Waals surface area contributed by atoms with Crippen molar-refractivity contribution in [2.24, 2.45) is 0 Å². The lowest BCUT2D eigenvalue weighted by atomic mass is 10.1. The molecule has 1 N–H and O–H groups in total. The fraction of sp³-hybridized carbons (Fsp3) is 0.235. The molecule has 21 heavy (non-hydrogen) atoms. The smallest absolute Gasteiger partial charge is 0.140 e. The lowest BCUT2D eigenvalue weighted by Gasteiger charge is -2.15. The van der Waals surface area contributed by atoms with Gasteiger partial charge in [0.15, 0.2) is 0 Å². The van der Waals surface area contributed by atoms with Crippen LogP contribution in [0.1, 0.15) is 25.5 Å². The topological polar surface area (TPSA) is 45.0 Å². The molecule has 0 fully saturated rings. The van der Waals surface area contributed by atoms with E-state index in [1.807, 2.05) is 62.4 Å². The van der Waals surface area contributed by atoms with Crippen LogP contribution in [0.5, 0.6) is 5.75 Å². The van der Waals surface area contributed by atoms with Crippen LogP contribution in [0.25, 0.3) is 0 Å². The molecule has 0 bridgehead atoms. The van der Waals surface area contributed by atoms with Gasteiger partial charge >= 0.3 is 0 Å². The number of benzene rings is 2. The van der Waals surface area contributed by atoms with Crippen LogP contribution >= 0.6 is 15.9 Å². The first-order chi connectivity index (χ1) is 10.1. The second-order valence-electron chi connectivity index (χ2n) is 4.95. The minimum atomic E-state index is -0.396. The molecule has 0 spiro atoms. The summed E-state index contributed by atoms with van der Waals surface area (Å²) in [6.45, 7) is 3.97. The number of nitrogens with one attached hydrogen (secondary N) is 1. The Kier molecular flexibility index (Phi) is 5.24. The minimum absolute atomic E-state index is 0.141. The molecule has 1 atom stereocenters. The highest BCUT2D eigenvalue weighted by molar-refractivity contribution is 9.10. The predicted octanol–water partition coefficient (Wildman–Crippen LogP) is 4.91. The van der Waals surface area contributed by atoms with Crippen LogP contribution in [0, 0.1) is 11.3 Å². The molecular formula is C17H17BrN2O. The zero-order valence-corrected chi connectivity index (χ0v) is 13.6. The molecule has 0 aromatic heterocycles. The largest absolute Gasteiger partial charge is 0.491 e. The average molecular weight is 345 g/mol. The van der Waals surface area contributed by atoms with Gasteiger partial charge in [-0.1, -0.05) is 34.1 Å². The molecule has 108 valence electrons. The first kappa shape index (κ1) is 15.4. The second-order valence-corrected chi connectivity index (χ2v) is 5.87. The highest BCUT2D eigenvalue weighted by Crippen LogP contribution is 2.23. The van der Waals surface area contributed by atoms with Crippen LogP contribution in [0.3, 0.4) is 0 Å². The lowest BCUT2D eigenvalue weighted by molar-refractivity contribution is 0.242. The van der Waals surface area contributed by atoms with Gasteiger partial charge in [-0.2, -0.15) is 5.26 Å². The SMILES string of the molecule is CC(C)Oc1ccc(C(C#N)Nc2cccc(Br)c2)cc1. The Labute approximate surface area is 133 Å². The molecule has 2 aromatic carbocycles. The Bertz CT molecular complexity index is 632. The number of nitrogens with zero attached hydrogens (tertiary/aromatic N) is 1. The maximum atomic E-state index is 9.37. The van der Waals surface area contributed by atoms with E-state index in [-0.39, 0.29) is 6.10 Å². The van der Waals surface area contributed by atoms with E-state index < -0.39 is 6.04 Å². The summed E-state index contributed by atoms with van der Waals surface area (Å²) in [6.07, 6.45) is 0.141. The van der Waals surface area contributed by atoms with Crippen molar-refractivity contribution >= 4 is 21.6 Å². The number of ether oxygens (including phenoxy) is 1. The molecule has 0 saturated carbocycles. The van der Waals surface area contributed by atoms with Gasteiger partial charge in [-0.05, 0) is 49.7 Å². The van der Waals surface area contributed by atoms with Crippen LogP contribution in [0.4, 0.5) is 5.69 Å². The van der Waals surface area contributed by atoms with Crippen molar-refractivity contribution in [1.29, 1.82) is 5.26 Å². The molecule has 0 radical (unpaired) electrons. The molecule has 0 aliphatic heterocycles. The zero-order chi connectivity index (χ0) is 15.2. The number of nitriles is 1. The van der Waals surface area contributed by atoms with Crippen LogP contribution in [-0.4, -0.2) is 6.10 Å². The summed E-state index contributed by atoms with van der Waals surface area (Å²) in [5.74, 6) is 0.813. The fourth-order valence-corrected chi connectivity index (χ4v) is 2.35. The molecule has 0 aliphatic rings. The van der Waals surface area contributed by atoms with Gasteiger partial charge in [0.2, 0.25) is 0 Å². The molecule has 2 aromatic rings. The van der Waals surface area contributed by atoms with Crippen LogP contribution in [0.2, 0.25) is 0 Å². The van der Waals surface area contributed by atoms with Gasteiger partial charge in [0.25, 0.3) is 0 Å². The predicted molar refractivity (Wildman–Crippen MR) is 88.3 cm³/mol. The van der Waals surface area contributed by atoms with E-state index >= 15 is 0 Å². The van der Waals surface area contributed by atoms with Gasteiger partial charge in [0.05, 0.1) is 12.2 Å². The van der Waals surface area contributed by atoms with Crippen molar-refractivity contribution in [2.75, 3.05) is 5.32 Å². The van der Waals surface area contributed by atoms with E-state index in [1.54, 1.807) is 0 Å². The molecular weight excluding hydrogens is 328 g/mol. The van der Waals surface area contributed by atoms with Gasteiger partial charge in [0, 0.05) is 10.2 Å². The summed E-state index contributed by atoms with van der Waals surface area (Å²) in [5, 5.41) is 12.6. The Morgan fingerprint density at radius 2 is 1.86 bits per heavy atom. The lowest BCUT2D eigenvalue weighted by Crippen LogP contribution is -2.09. The molecule has 0 saturated heterocycles. The zero-order valence-electron chi connectivity index (χ0n) is 12.0. The van der Waals surface area contributed by atoms with Gasteiger partial charge in [-0.3, -0.25) is 0 Å². The second kappa shape index (κ2) is 7.14. The minimum Gasteiger partial charge on any atom is -0.491 e. The fourth-order valence-electron chi connectivity index (χ4n) is 1.95. The maximum absolute atomic E-state index is 9.37. The van der Waals surface area contributed by atoms with E-state index in [0.29, 0.717) is 0 Å². The first-order valence-electron chi connectivity index (χ1n) is 6.77. The normalized spacial score (nSPS) is 11.8. The van der Waals surface area contributed by atoms with Crippen molar-refractivity contribution < 1.29 is 4.74 Å². The summed E-state index contributed by atoms with van der Waals surface area (Å²) < 4.78 is 6.58. The summed E-state index contributed by atoms with van der Waals surface area (Å²) in [5.41, 5.74) is 1.81. The van der Waals surface area contributed by atoms with Gasteiger partial charge in [0.1, 0.15) is 11.8 Å². The first-order valence-corrected chi connectivity index (χ1v) is 7.56. The third kappa shape index (κ3) is 4.51. The average Bonchev–Trinajstić information content (AvgIpc) is 2.45.